The summed E-state index contributed by atoms with van der Waals surface area (Å²) >= 11 is 0. The molecule has 2 rings (SSSR count). The molecule has 0 aromatic heterocycles. The first-order valence-corrected chi connectivity index (χ1v) is 6.53. The van der Waals surface area contributed by atoms with Crippen LogP contribution in [0.2, 0.25) is 0 Å². The van der Waals surface area contributed by atoms with Crippen LogP contribution in [0.4, 0.5) is 0 Å². The first-order chi connectivity index (χ1) is 8.16. The standard InChI is InChI=1S/C12H22N2O3/c15-10-7-13(8-11(10)16)9-12(17)14-5-3-1-2-4-6-14/h10-11,15-16H,1-9H2/t10-,11+. The van der Waals surface area contributed by atoms with E-state index in [9.17, 15) is 15.0 Å². The smallest absolute Gasteiger partial charge is 0.236 e. The molecule has 2 atom stereocenters. The molecule has 0 aromatic rings. The predicted molar refractivity (Wildman–Crippen MR) is 63.5 cm³/mol. The summed E-state index contributed by atoms with van der Waals surface area (Å²) in [5.74, 6) is 0.133. The lowest BCUT2D eigenvalue weighted by atomic mass is 10.2. The lowest BCUT2D eigenvalue weighted by Gasteiger charge is -2.23. The van der Waals surface area contributed by atoms with Crippen molar-refractivity contribution in [3.63, 3.8) is 0 Å². The van der Waals surface area contributed by atoms with Crippen LogP contribution in [0, 0.1) is 0 Å². The number of amides is 1. The molecule has 0 unspecified atom stereocenters. The monoisotopic (exact) mass is 242 g/mol. The molecule has 2 saturated heterocycles. The molecule has 0 saturated carbocycles. The third-order valence-electron chi connectivity index (χ3n) is 3.65. The molecule has 0 bridgehead atoms. The van der Waals surface area contributed by atoms with Crippen LogP contribution in [0.25, 0.3) is 0 Å². The van der Waals surface area contributed by atoms with E-state index in [0.717, 1.165) is 25.9 Å². The summed E-state index contributed by atoms with van der Waals surface area (Å²) in [6, 6.07) is 0. The molecule has 0 aliphatic carbocycles. The van der Waals surface area contributed by atoms with E-state index in [1.807, 2.05) is 9.80 Å². The number of nitrogens with zero attached hydrogens (tertiary/aromatic N) is 2. The van der Waals surface area contributed by atoms with E-state index in [1.165, 1.54) is 12.8 Å². The molecule has 5 nitrogen and oxygen atoms in total. The van der Waals surface area contributed by atoms with E-state index in [0.29, 0.717) is 19.6 Å². The first kappa shape index (κ1) is 12.8. The molecule has 5 heteroatoms. The highest BCUT2D eigenvalue weighted by molar-refractivity contribution is 5.78. The SMILES string of the molecule is O=C(CN1C[C@@H](O)[C@@H](O)C1)N1CCCCCC1. The summed E-state index contributed by atoms with van der Waals surface area (Å²) < 4.78 is 0. The molecule has 98 valence electrons. The summed E-state index contributed by atoms with van der Waals surface area (Å²) in [7, 11) is 0. The second-order valence-electron chi connectivity index (χ2n) is 5.12. The topological polar surface area (TPSA) is 64.0 Å². The number of likely N-dealkylation sites (tertiary alicyclic amines) is 2. The zero-order valence-corrected chi connectivity index (χ0v) is 10.2. The van der Waals surface area contributed by atoms with Gasteiger partial charge in [0.2, 0.25) is 5.91 Å². The van der Waals surface area contributed by atoms with E-state index >= 15 is 0 Å². The second kappa shape index (κ2) is 5.80. The van der Waals surface area contributed by atoms with Gasteiger partial charge in [-0.05, 0) is 12.8 Å². The van der Waals surface area contributed by atoms with Crippen LogP contribution in [0.3, 0.4) is 0 Å². The van der Waals surface area contributed by atoms with Crippen LogP contribution in [0.15, 0.2) is 0 Å². The Labute approximate surface area is 102 Å². The Morgan fingerprint density at radius 1 is 1.00 bits per heavy atom. The maximum Gasteiger partial charge on any atom is 0.236 e. The van der Waals surface area contributed by atoms with Crippen molar-refractivity contribution in [3.8, 4) is 0 Å². The molecule has 0 aromatic carbocycles. The summed E-state index contributed by atoms with van der Waals surface area (Å²) in [5, 5.41) is 18.8. The fraction of sp³-hybridized carbons (Fsp3) is 0.917. The summed E-state index contributed by atoms with van der Waals surface area (Å²) in [6.45, 7) is 2.85. The van der Waals surface area contributed by atoms with Gasteiger partial charge in [-0.2, -0.15) is 0 Å². The molecular weight excluding hydrogens is 220 g/mol. The van der Waals surface area contributed by atoms with Crippen LogP contribution in [0.5, 0.6) is 0 Å². The van der Waals surface area contributed by atoms with Gasteiger partial charge < -0.3 is 15.1 Å². The van der Waals surface area contributed by atoms with Crippen LogP contribution in [-0.2, 0) is 4.79 Å². The van der Waals surface area contributed by atoms with Gasteiger partial charge in [0.25, 0.3) is 0 Å². The zero-order chi connectivity index (χ0) is 12.3. The number of carbonyl (C=O) groups excluding carboxylic acids is 1. The minimum atomic E-state index is -0.702. The lowest BCUT2D eigenvalue weighted by molar-refractivity contribution is -0.132. The first-order valence-electron chi connectivity index (χ1n) is 6.53. The number of rotatable bonds is 2. The van der Waals surface area contributed by atoms with Gasteiger partial charge in [-0.1, -0.05) is 12.8 Å². The van der Waals surface area contributed by atoms with Crippen molar-refractivity contribution in [3.05, 3.63) is 0 Å². The summed E-state index contributed by atoms with van der Waals surface area (Å²) in [5.41, 5.74) is 0. The average Bonchev–Trinajstić information content (AvgIpc) is 2.54. The third kappa shape index (κ3) is 3.40. The maximum atomic E-state index is 12.0. The highest BCUT2D eigenvalue weighted by Gasteiger charge is 2.31. The Balaban J connectivity index is 1.80. The molecule has 2 aliphatic rings. The van der Waals surface area contributed by atoms with Gasteiger partial charge in [0.1, 0.15) is 0 Å². The highest BCUT2D eigenvalue weighted by atomic mass is 16.3. The van der Waals surface area contributed by atoms with E-state index in [4.69, 9.17) is 0 Å². The largest absolute Gasteiger partial charge is 0.389 e. The van der Waals surface area contributed by atoms with E-state index in [2.05, 4.69) is 0 Å². The minimum absolute atomic E-state index is 0.133. The van der Waals surface area contributed by atoms with Gasteiger partial charge in [0.05, 0.1) is 18.8 Å². The summed E-state index contributed by atoms with van der Waals surface area (Å²) in [4.78, 5) is 15.8. The molecule has 2 fully saturated rings. The Bertz CT molecular complexity index is 254. The quantitative estimate of drug-likeness (QED) is 0.680. The molecular formula is C12H22N2O3. The lowest BCUT2D eigenvalue weighted by Crippen LogP contribution is -2.40. The molecule has 2 N–H and O–H groups in total. The Hall–Kier alpha value is -0.650. The molecule has 1 amide bonds. The van der Waals surface area contributed by atoms with Gasteiger partial charge in [0.15, 0.2) is 0 Å². The van der Waals surface area contributed by atoms with Crippen LogP contribution in [0.1, 0.15) is 25.7 Å². The Morgan fingerprint density at radius 2 is 1.53 bits per heavy atom. The van der Waals surface area contributed by atoms with Crippen LogP contribution >= 0.6 is 0 Å². The molecule has 0 spiro atoms. The molecule has 2 aliphatic heterocycles. The van der Waals surface area contributed by atoms with Crippen molar-refractivity contribution < 1.29 is 15.0 Å². The number of aliphatic hydroxyl groups excluding tert-OH is 2. The van der Waals surface area contributed by atoms with Gasteiger partial charge >= 0.3 is 0 Å². The van der Waals surface area contributed by atoms with Crippen molar-refractivity contribution in [2.45, 2.75) is 37.9 Å². The van der Waals surface area contributed by atoms with Crippen molar-refractivity contribution in [1.29, 1.82) is 0 Å². The average molecular weight is 242 g/mol. The number of hydrogen-bond acceptors (Lipinski definition) is 4. The van der Waals surface area contributed by atoms with Gasteiger partial charge in [-0.25, -0.2) is 0 Å². The molecule has 0 radical (unpaired) electrons. The van der Waals surface area contributed by atoms with Gasteiger partial charge in [0, 0.05) is 26.2 Å². The summed E-state index contributed by atoms with van der Waals surface area (Å²) in [6.07, 6.45) is 3.21. The zero-order valence-electron chi connectivity index (χ0n) is 10.2. The fourth-order valence-corrected chi connectivity index (χ4v) is 2.59. The van der Waals surface area contributed by atoms with E-state index in [1.54, 1.807) is 0 Å². The fourth-order valence-electron chi connectivity index (χ4n) is 2.59. The number of β-amino-alcohol motifs (C(OH)–C–C–N with tert-alkyl or cyclic N) is 2. The van der Waals surface area contributed by atoms with Crippen LogP contribution < -0.4 is 0 Å². The highest BCUT2D eigenvalue weighted by Crippen LogP contribution is 2.13. The maximum absolute atomic E-state index is 12.0. The number of carbonyl (C=O) groups is 1. The minimum Gasteiger partial charge on any atom is -0.389 e. The number of aliphatic hydroxyl groups is 2. The van der Waals surface area contributed by atoms with E-state index < -0.39 is 12.2 Å². The van der Waals surface area contributed by atoms with Crippen LogP contribution in [-0.4, -0.2) is 70.9 Å². The normalized spacial score (nSPS) is 31.5. The van der Waals surface area contributed by atoms with E-state index in [-0.39, 0.29) is 5.91 Å². The molecule has 2 heterocycles. The number of hydrogen-bond donors (Lipinski definition) is 2. The third-order valence-corrected chi connectivity index (χ3v) is 3.65. The van der Waals surface area contributed by atoms with Crippen molar-refractivity contribution in [1.82, 2.24) is 9.80 Å². The van der Waals surface area contributed by atoms with Gasteiger partial charge in [-0.3, -0.25) is 9.69 Å². The predicted octanol–water partition coefficient (Wildman–Crippen LogP) is -0.574. The van der Waals surface area contributed by atoms with Gasteiger partial charge in [-0.15, -0.1) is 0 Å². The molecule has 17 heavy (non-hydrogen) atoms. The van der Waals surface area contributed by atoms with Crippen molar-refractivity contribution in [2.75, 3.05) is 32.7 Å². The van der Waals surface area contributed by atoms with Crippen molar-refractivity contribution in [2.24, 2.45) is 0 Å². The Kier molecular flexibility index (Phi) is 4.36. The second-order valence-corrected chi connectivity index (χ2v) is 5.12. The Morgan fingerprint density at radius 3 is 2.06 bits per heavy atom. The van der Waals surface area contributed by atoms with Crippen molar-refractivity contribution >= 4 is 5.91 Å².